The van der Waals surface area contributed by atoms with E-state index >= 15 is 0 Å². The number of hydrogen-bond donors (Lipinski definition) is 1. The van der Waals surface area contributed by atoms with E-state index in [9.17, 15) is 9.59 Å². The molecule has 4 nitrogen and oxygen atoms in total. The highest BCUT2D eigenvalue weighted by Crippen LogP contribution is 2.38. The molecule has 128 valence electrons. The summed E-state index contributed by atoms with van der Waals surface area (Å²) in [7, 11) is 0. The van der Waals surface area contributed by atoms with Gasteiger partial charge in [0.15, 0.2) is 0 Å². The van der Waals surface area contributed by atoms with Gasteiger partial charge in [0.25, 0.3) is 0 Å². The van der Waals surface area contributed by atoms with Crippen LogP contribution in [0.4, 0.5) is 5.00 Å². The largest absolute Gasteiger partial charge is 0.462 e. The summed E-state index contributed by atoms with van der Waals surface area (Å²) in [5.74, 6) is 0.0604. The molecule has 0 aliphatic heterocycles. The first-order valence-corrected chi connectivity index (χ1v) is 9.70. The monoisotopic (exact) mass is 357 g/mol. The van der Waals surface area contributed by atoms with Crippen LogP contribution in [0.2, 0.25) is 0 Å². The van der Waals surface area contributed by atoms with Crippen LogP contribution >= 0.6 is 22.9 Å². The Morgan fingerprint density at radius 3 is 2.78 bits per heavy atom. The molecule has 1 aliphatic rings. The van der Waals surface area contributed by atoms with Crippen LogP contribution in [0.1, 0.15) is 66.2 Å². The second-order valence-electron chi connectivity index (χ2n) is 5.75. The third-order valence-electron chi connectivity index (χ3n) is 3.85. The molecule has 0 radical (unpaired) electrons. The molecule has 0 spiro atoms. The first-order valence-electron chi connectivity index (χ1n) is 8.34. The number of ether oxygens (including phenoxy) is 1. The summed E-state index contributed by atoms with van der Waals surface area (Å²) in [5, 5.41) is 3.55. The van der Waals surface area contributed by atoms with Gasteiger partial charge in [0.05, 0.1) is 12.2 Å². The molecule has 0 atom stereocenters. The topological polar surface area (TPSA) is 55.4 Å². The Kier molecular flexibility index (Phi) is 7.37. The van der Waals surface area contributed by atoms with Crippen molar-refractivity contribution in [3.8, 4) is 0 Å². The van der Waals surface area contributed by atoms with Gasteiger partial charge in [-0.05, 0) is 44.1 Å². The molecule has 0 aromatic carbocycles. The van der Waals surface area contributed by atoms with Crippen LogP contribution in [0.3, 0.4) is 0 Å². The highest BCUT2D eigenvalue weighted by Gasteiger charge is 2.26. The lowest BCUT2D eigenvalue weighted by molar-refractivity contribution is -0.116. The molecule has 0 fully saturated rings. The molecular formula is C17H24ClNO3S. The number of halogens is 1. The fourth-order valence-electron chi connectivity index (χ4n) is 2.73. The lowest BCUT2D eigenvalue weighted by atomic mass is 10.1. The van der Waals surface area contributed by atoms with Crippen LogP contribution in [0, 0.1) is 0 Å². The Bertz CT molecular complexity index is 556. The van der Waals surface area contributed by atoms with E-state index in [2.05, 4.69) is 5.32 Å². The molecule has 0 saturated carbocycles. The normalized spacial score (nSPS) is 14.0. The van der Waals surface area contributed by atoms with Gasteiger partial charge in [0, 0.05) is 17.2 Å². The fourth-order valence-corrected chi connectivity index (χ4v) is 4.16. The molecule has 1 aromatic heterocycles. The number of aryl methyl sites for hydroxylation is 1. The van der Waals surface area contributed by atoms with E-state index in [1.165, 1.54) is 22.6 Å². The predicted molar refractivity (Wildman–Crippen MR) is 94.7 cm³/mol. The minimum absolute atomic E-state index is 0.0911. The lowest BCUT2D eigenvalue weighted by Crippen LogP contribution is -2.15. The molecule has 0 saturated heterocycles. The number of alkyl halides is 1. The molecule has 0 bridgehead atoms. The van der Waals surface area contributed by atoms with Crippen LogP contribution in [-0.4, -0.2) is 24.4 Å². The van der Waals surface area contributed by atoms with E-state index in [0.717, 1.165) is 37.7 Å². The first-order chi connectivity index (χ1) is 11.2. The van der Waals surface area contributed by atoms with Crippen molar-refractivity contribution in [1.82, 2.24) is 0 Å². The van der Waals surface area contributed by atoms with Gasteiger partial charge in [-0.3, -0.25) is 4.79 Å². The smallest absolute Gasteiger partial charge is 0.341 e. The maximum absolute atomic E-state index is 12.5. The van der Waals surface area contributed by atoms with Gasteiger partial charge in [-0.25, -0.2) is 4.79 Å². The number of rotatable bonds is 7. The molecule has 1 amide bonds. The van der Waals surface area contributed by atoms with Crippen molar-refractivity contribution in [3.05, 3.63) is 16.0 Å². The first kappa shape index (κ1) is 18.3. The summed E-state index contributed by atoms with van der Waals surface area (Å²) in [6.45, 7) is 2.37. The molecular weight excluding hydrogens is 334 g/mol. The van der Waals surface area contributed by atoms with Gasteiger partial charge in [-0.2, -0.15) is 0 Å². The average molecular weight is 358 g/mol. The van der Waals surface area contributed by atoms with Gasteiger partial charge in [0.2, 0.25) is 5.91 Å². The number of amides is 1. The van der Waals surface area contributed by atoms with E-state index in [1.54, 1.807) is 0 Å². The van der Waals surface area contributed by atoms with Crippen LogP contribution in [0.5, 0.6) is 0 Å². The minimum Gasteiger partial charge on any atom is -0.462 e. The minimum atomic E-state index is -0.307. The van der Waals surface area contributed by atoms with Crippen LogP contribution in [-0.2, 0) is 22.4 Å². The van der Waals surface area contributed by atoms with Crippen molar-refractivity contribution < 1.29 is 14.3 Å². The number of carbonyl (C=O) groups is 2. The zero-order valence-corrected chi connectivity index (χ0v) is 15.2. The number of nitrogens with one attached hydrogen (secondary N) is 1. The second-order valence-corrected chi connectivity index (χ2v) is 7.23. The SMILES string of the molecule is CCCOC(=O)c1c(NC(=O)CCCCl)sc2c1CCCCC2. The maximum atomic E-state index is 12.5. The Balaban J connectivity index is 2.25. The van der Waals surface area contributed by atoms with Crippen molar-refractivity contribution in [2.24, 2.45) is 0 Å². The lowest BCUT2D eigenvalue weighted by Gasteiger charge is -2.09. The molecule has 1 N–H and O–H groups in total. The summed E-state index contributed by atoms with van der Waals surface area (Å²) < 4.78 is 5.34. The maximum Gasteiger partial charge on any atom is 0.341 e. The number of fused-ring (bicyclic) bond motifs is 1. The number of thiophene rings is 1. The van der Waals surface area contributed by atoms with E-state index in [-0.39, 0.29) is 11.9 Å². The Morgan fingerprint density at radius 1 is 1.26 bits per heavy atom. The molecule has 23 heavy (non-hydrogen) atoms. The Morgan fingerprint density at radius 2 is 2.04 bits per heavy atom. The highest BCUT2D eigenvalue weighted by atomic mass is 35.5. The van der Waals surface area contributed by atoms with Gasteiger partial charge in [-0.1, -0.05) is 13.3 Å². The summed E-state index contributed by atoms with van der Waals surface area (Å²) in [6.07, 6.45) is 7.06. The van der Waals surface area contributed by atoms with E-state index in [0.29, 0.717) is 35.9 Å². The highest BCUT2D eigenvalue weighted by molar-refractivity contribution is 7.17. The van der Waals surface area contributed by atoms with Crippen molar-refractivity contribution in [3.63, 3.8) is 0 Å². The van der Waals surface area contributed by atoms with Gasteiger partial charge >= 0.3 is 5.97 Å². The molecule has 1 heterocycles. The van der Waals surface area contributed by atoms with Crippen molar-refractivity contribution in [2.45, 2.75) is 58.3 Å². The van der Waals surface area contributed by atoms with E-state index in [1.807, 2.05) is 6.92 Å². The second kappa shape index (κ2) is 9.28. The van der Waals surface area contributed by atoms with Crippen LogP contribution < -0.4 is 5.32 Å². The third-order valence-corrected chi connectivity index (χ3v) is 5.33. The predicted octanol–water partition coefficient (Wildman–Crippen LogP) is 4.54. The number of anilines is 1. The number of hydrogen-bond acceptors (Lipinski definition) is 4. The van der Waals surface area contributed by atoms with Crippen molar-refractivity contribution in [2.75, 3.05) is 17.8 Å². The molecule has 1 aliphatic carbocycles. The number of carbonyl (C=O) groups excluding carboxylic acids is 2. The third kappa shape index (κ3) is 4.95. The summed E-state index contributed by atoms with van der Waals surface area (Å²) in [5.41, 5.74) is 1.67. The zero-order chi connectivity index (χ0) is 16.7. The molecule has 1 aromatic rings. The van der Waals surface area contributed by atoms with Gasteiger partial charge in [-0.15, -0.1) is 22.9 Å². The molecule has 0 unspecified atom stereocenters. The average Bonchev–Trinajstić information content (AvgIpc) is 2.71. The Hall–Kier alpha value is -1.07. The Labute approximate surface area is 146 Å². The van der Waals surface area contributed by atoms with Crippen molar-refractivity contribution >= 4 is 39.8 Å². The van der Waals surface area contributed by atoms with Gasteiger partial charge in [0.1, 0.15) is 5.00 Å². The van der Waals surface area contributed by atoms with E-state index < -0.39 is 0 Å². The number of esters is 1. The van der Waals surface area contributed by atoms with E-state index in [4.69, 9.17) is 16.3 Å². The van der Waals surface area contributed by atoms with Crippen molar-refractivity contribution in [1.29, 1.82) is 0 Å². The summed E-state index contributed by atoms with van der Waals surface area (Å²) in [4.78, 5) is 25.7. The van der Waals surface area contributed by atoms with Gasteiger partial charge < -0.3 is 10.1 Å². The quantitative estimate of drug-likeness (QED) is 0.442. The zero-order valence-electron chi connectivity index (χ0n) is 13.6. The van der Waals surface area contributed by atoms with Crippen LogP contribution in [0.25, 0.3) is 0 Å². The summed E-state index contributed by atoms with van der Waals surface area (Å²) in [6, 6.07) is 0. The van der Waals surface area contributed by atoms with Crippen LogP contribution in [0.15, 0.2) is 0 Å². The standard InChI is InChI=1S/C17H24ClNO3S/c1-2-11-22-17(21)15-12-7-4-3-5-8-13(12)23-16(15)19-14(20)9-6-10-18/h2-11H2,1H3,(H,19,20). The summed E-state index contributed by atoms with van der Waals surface area (Å²) >= 11 is 7.17. The molecule has 6 heteroatoms. The molecule has 2 rings (SSSR count). The fraction of sp³-hybridized carbons (Fsp3) is 0.647.